The first-order valence-corrected chi connectivity index (χ1v) is 11.1. The summed E-state index contributed by atoms with van der Waals surface area (Å²) in [5.74, 6) is -0.119. The van der Waals surface area contributed by atoms with Crippen LogP contribution >= 0.6 is 11.6 Å². The Balaban J connectivity index is 1.61. The number of carbonyl (C=O) groups is 1. The number of rotatable bonds is 5. The predicted octanol–water partition coefficient (Wildman–Crippen LogP) is 3.82. The summed E-state index contributed by atoms with van der Waals surface area (Å²) in [5.41, 5.74) is -0.157. The van der Waals surface area contributed by atoms with E-state index in [0.29, 0.717) is 17.5 Å². The molecule has 0 saturated carbocycles. The fourth-order valence-electron chi connectivity index (χ4n) is 3.26. The molecule has 1 amide bonds. The smallest absolute Gasteiger partial charge is 0.340 e. The van der Waals surface area contributed by atoms with Crippen LogP contribution in [-0.4, -0.2) is 49.7 Å². The number of aryl methyl sites for hydroxylation is 1. The molecule has 1 aliphatic rings. The molecular formula is C20H20ClF3N2O3S. The fourth-order valence-corrected chi connectivity index (χ4v) is 4.96. The summed E-state index contributed by atoms with van der Waals surface area (Å²) in [6, 6.07) is 10.9. The third-order valence-electron chi connectivity index (χ3n) is 4.96. The van der Waals surface area contributed by atoms with E-state index in [4.69, 9.17) is 11.6 Å². The van der Waals surface area contributed by atoms with E-state index < -0.39 is 26.7 Å². The second-order valence-corrected chi connectivity index (χ2v) is 9.25. The van der Waals surface area contributed by atoms with Crippen LogP contribution in [0.25, 0.3) is 0 Å². The van der Waals surface area contributed by atoms with Crippen molar-refractivity contribution in [2.24, 2.45) is 0 Å². The molecule has 10 heteroatoms. The molecule has 0 bridgehead atoms. The van der Waals surface area contributed by atoms with E-state index in [2.05, 4.69) is 0 Å². The Labute approximate surface area is 178 Å². The molecule has 0 aliphatic carbocycles. The van der Waals surface area contributed by atoms with Crippen LogP contribution in [0.5, 0.6) is 0 Å². The Morgan fingerprint density at radius 1 is 1.00 bits per heavy atom. The lowest BCUT2D eigenvalue weighted by Gasteiger charge is -2.34. The standard InChI is InChI=1S/C20H20ClF3N2O3S/c21-18-7-2-1-4-15(18)8-9-19(27)25-10-12-26(13-11-25)30(28,29)17-6-3-5-16(14-17)20(22,23)24/h1-7,14H,8-13H2. The highest BCUT2D eigenvalue weighted by molar-refractivity contribution is 7.89. The van der Waals surface area contributed by atoms with Gasteiger partial charge in [-0.1, -0.05) is 35.9 Å². The van der Waals surface area contributed by atoms with Crippen LogP contribution < -0.4 is 0 Å². The second-order valence-electron chi connectivity index (χ2n) is 6.90. The first kappa shape index (κ1) is 22.6. The lowest BCUT2D eigenvalue weighted by Crippen LogP contribution is -2.50. The molecule has 5 nitrogen and oxygen atoms in total. The summed E-state index contributed by atoms with van der Waals surface area (Å²) in [7, 11) is -4.08. The summed E-state index contributed by atoms with van der Waals surface area (Å²) >= 11 is 6.09. The third-order valence-corrected chi connectivity index (χ3v) is 7.22. The minimum atomic E-state index is -4.63. The number of hydrogen-bond acceptors (Lipinski definition) is 3. The number of nitrogens with zero attached hydrogens (tertiary/aromatic N) is 2. The van der Waals surface area contributed by atoms with Gasteiger partial charge in [0.2, 0.25) is 15.9 Å². The molecule has 2 aromatic carbocycles. The average molecular weight is 461 g/mol. The van der Waals surface area contributed by atoms with Gasteiger partial charge in [-0.3, -0.25) is 4.79 Å². The number of amides is 1. The van der Waals surface area contributed by atoms with Crippen molar-refractivity contribution >= 4 is 27.5 Å². The van der Waals surface area contributed by atoms with Crippen LogP contribution in [0.1, 0.15) is 17.5 Å². The Morgan fingerprint density at radius 3 is 2.30 bits per heavy atom. The number of halogens is 4. The van der Waals surface area contributed by atoms with E-state index in [0.717, 1.165) is 28.1 Å². The van der Waals surface area contributed by atoms with Gasteiger partial charge in [-0.25, -0.2) is 8.42 Å². The Hall–Kier alpha value is -2.10. The Kier molecular flexibility index (Phi) is 6.74. The summed E-state index contributed by atoms with van der Waals surface area (Å²) < 4.78 is 65.3. The maximum atomic E-state index is 12.9. The average Bonchev–Trinajstić information content (AvgIpc) is 2.72. The van der Waals surface area contributed by atoms with Crippen molar-refractivity contribution in [2.75, 3.05) is 26.2 Å². The van der Waals surface area contributed by atoms with Crippen molar-refractivity contribution in [1.29, 1.82) is 0 Å². The van der Waals surface area contributed by atoms with Crippen molar-refractivity contribution in [3.63, 3.8) is 0 Å². The maximum absolute atomic E-state index is 12.9. The number of piperazine rings is 1. The van der Waals surface area contributed by atoms with E-state index in [1.54, 1.807) is 17.0 Å². The molecule has 0 spiro atoms. The largest absolute Gasteiger partial charge is 0.416 e. The van der Waals surface area contributed by atoms with Gasteiger partial charge in [-0.15, -0.1) is 0 Å². The van der Waals surface area contributed by atoms with Crippen molar-refractivity contribution in [2.45, 2.75) is 23.9 Å². The van der Waals surface area contributed by atoms with Gasteiger partial charge in [0.25, 0.3) is 0 Å². The van der Waals surface area contributed by atoms with Gasteiger partial charge in [0, 0.05) is 37.6 Å². The number of carbonyl (C=O) groups excluding carboxylic acids is 1. The molecule has 1 aliphatic heterocycles. The molecule has 0 radical (unpaired) electrons. The molecule has 0 atom stereocenters. The van der Waals surface area contributed by atoms with Gasteiger partial charge in [0.1, 0.15) is 0 Å². The van der Waals surface area contributed by atoms with Gasteiger partial charge in [-0.2, -0.15) is 17.5 Å². The Bertz CT molecular complexity index is 1020. The highest BCUT2D eigenvalue weighted by Crippen LogP contribution is 2.31. The zero-order valence-electron chi connectivity index (χ0n) is 15.9. The lowest BCUT2D eigenvalue weighted by molar-refractivity contribution is -0.137. The van der Waals surface area contributed by atoms with E-state index in [9.17, 15) is 26.4 Å². The SMILES string of the molecule is O=C(CCc1ccccc1Cl)N1CCN(S(=O)(=O)c2cccc(C(F)(F)F)c2)CC1. The molecule has 0 N–H and O–H groups in total. The van der Waals surface area contributed by atoms with E-state index in [1.165, 1.54) is 0 Å². The molecule has 162 valence electrons. The molecule has 1 saturated heterocycles. The summed E-state index contributed by atoms with van der Waals surface area (Å²) in [6.07, 6.45) is -3.91. The minimum absolute atomic E-state index is 0.0242. The van der Waals surface area contributed by atoms with Gasteiger partial charge in [0.15, 0.2) is 0 Å². The third kappa shape index (κ3) is 5.14. The van der Waals surface area contributed by atoms with Crippen molar-refractivity contribution < 1.29 is 26.4 Å². The van der Waals surface area contributed by atoms with Crippen LogP contribution in [-0.2, 0) is 27.4 Å². The van der Waals surface area contributed by atoms with Crippen molar-refractivity contribution in [1.82, 2.24) is 9.21 Å². The monoisotopic (exact) mass is 460 g/mol. The van der Waals surface area contributed by atoms with Crippen LogP contribution in [0.15, 0.2) is 53.4 Å². The normalized spacial score (nSPS) is 15.9. The molecule has 1 fully saturated rings. The molecule has 1 heterocycles. The molecule has 0 unspecified atom stereocenters. The topological polar surface area (TPSA) is 57.7 Å². The van der Waals surface area contributed by atoms with Gasteiger partial charge in [0.05, 0.1) is 10.5 Å². The van der Waals surface area contributed by atoms with Gasteiger partial charge in [-0.05, 0) is 36.2 Å². The summed E-state index contributed by atoms with van der Waals surface area (Å²) in [5, 5.41) is 0.585. The number of sulfonamides is 1. The molecule has 3 rings (SSSR count). The quantitative estimate of drug-likeness (QED) is 0.681. The maximum Gasteiger partial charge on any atom is 0.416 e. The Morgan fingerprint density at radius 2 is 1.67 bits per heavy atom. The van der Waals surface area contributed by atoms with E-state index >= 15 is 0 Å². The lowest BCUT2D eigenvalue weighted by atomic mass is 10.1. The fraction of sp³-hybridized carbons (Fsp3) is 0.350. The van der Waals surface area contributed by atoms with Gasteiger partial charge >= 0.3 is 6.18 Å². The van der Waals surface area contributed by atoms with Crippen molar-refractivity contribution in [3.05, 3.63) is 64.7 Å². The van der Waals surface area contributed by atoms with Crippen LogP contribution in [0.3, 0.4) is 0 Å². The second kappa shape index (κ2) is 8.95. The minimum Gasteiger partial charge on any atom is -0.340 e. The first-order chi connectivity index (χ1) is 14.1. The first-order valence-electron chi connectivity index (χ1n) is 9.27. The van der Waals surface area contributed by atoms with E-state index in [1.807, 2.05) is 12.1 Å². The molecule has 2 aromatic rings. The predicted molar refractivity (Wildman–Crippen MR) is 107 cm³/mol. The van der Waals surface area contributed by atoms with Crippen LogP contribution in [0.4, 0.5) is 13.2 Å². The zero-order valence-corrected chi connectivity index (χ0v) is 17.5. The zero-order chi connectivity index (χ0) is 21.9. The van der Waals surface area contributed by atoms with Gasteiger partial charge < -0.3 is 4.90 Å². The van der Waals surface area contributed by atoms with Crippen molar-refractivity contribution in [3.8, 4) is 0 Å². The van der Waals surface area contributed by atoms with Crippen LogP contribution in [0, 0.1) is 0 Å². The summed E-state index contributed by atoms with van der Waals surface area (Å²) in [4.78, 5) is 13.6. The molecule has 30 heavy (non-hydrogen) atoms. The van der Waals surface area contributed by atoms with Crippen LogP contribution in [0.2, 0.25) is 5.02 Å². The molecule has 0 aromatic heterocycles. The summed E-state index contributed by atoms with van der Waals surface area (Å²) in [6.45, 7) is 0.409. The number of hydrogen-bond donors (Lipinski definition) is 0. The highest BCUT2D eigenvalue weighted by Gasteiger charge is 2.34. The number of alkyl halides is 3. The highest BCUT2D eigenvalue weighted by atomic mass is 35.5. The van der Waals surface area contributed by atoms with E-state index in [-0.39, 0.29) is 38.5 Å². The number of benzene rings is 2. The molecular weight excluding hydrogens is 441 g/mol.